The highest BCUT2D eigenvalue weighted by Crippen LogP contribution is 2.30. The van der Waals surface area contributed by atoms with E-state index in [-0.39, 0.29) is 0 Å². The van der Waals surface area contributed by atoms with Crippen LogP contribution in [0.4, 0.5) is 0 Å². The number of hydrogen-bond donors (Lipinski definition) is 0. The molecule has 3 heterocycles. The summed E-state index contributed by atoms with van der Waals surface area (Å²) in [5.74, 6) is 0.757. The zero-order valence-electron chi connectivity index (χ0n) is 17.2. The van der Waals surface area contributed by atoms with Crippen LogP contribution < -0.4 is 4.74 Å². The molecule has 158 valence electrons. The first kappa shape index (κ1) is 20.3. The average Bonchev–Trinajstić information content (AvgIpc) is 2.85. The summed E-state index contributed by atoms with van der Waals surface area (Å²) in [6.45, 7) is 8.61. The second kappa shape index (κ2) is 8.06. The van der Waals surface area contributed by atoms with Crippen LogP contribution in [0.2, 0.25) is 0 Å². The number of ether oxygens (including phenoxy) is 2. The van der Waals surface area contributed by atoms with Crippen molar-refractivity contribution in [2.24, 2.45) is 7.05 Å². The van der Waals surface area contributed by atoms with Gasteiger partial charge in [-0.25, -0.2) is 8.42 Å². The summed E-state index contributed by atoms with van der Waals surface area (Å²) < 4.78 is 41.2. The highest BCUT2D eigenvalue weighted by atomic mass is 32.2. The summed E-state index contributed by atoms with van der Waals surface area (Å²) in [7, 11) is -1.90. The van der Waals surface area contributed by atoms with E-state index in [9.17, 15) is 8.42 Å². The van der Waals surface area contributed by atoms with Gasteiger partial charge < -0.3 is 9.47 Å². The molecular formula is C20H28N4O4S. The highest BCUT2D eigenvalue weighted by Gasteiger charge is 2.32. The Labute approximate surface area is 172 Å². The van der Waals surface area contributed by atoms with Gasteiger partial charge in [0.2, 0.25) is 10.0 Å². The fraction of sp³-hybridized carbons (Fsp3) is 0.550. The Balaban J connectivity index is 1.60. The Morgan fingerprint density at radius 2 is 1.86 bits per heavy atom. The van der Waals surface area contributed by atoms with Gasteiger partial charge in [-0.05, 0) is 31.5 Å². The molecule has 9 heteroatoms. The minimum absolute atomic E-state index is 0.294. The van der Waals surface area contributed by atoms with E-state index >= 15 is 0 Å². The minimum Gasteiger partial charge on any atom is -0.492 e. The first-order chi connectivity index (χ1) is 13.9. The zero-order chi connectivity index (χ0) is 20.6. The van der Waals surface area contributed by atoms with E-state index in [0.717, 1.165) is 49.7 Å². The van der Waals surface area contributed by atoms with Crippen LogP contribution in [0, 0.1) is 13.8 Å². The van der Waals surface area contributed by atoms with Crippen molar-refractivity contribution in [2.45, 2.75) is 31.8 Å². The van der Waals surface area contributed by atoms with Crippen LogP contribution in [-0.4, -0.2) is 66.9 Å². The SMILES string of the molecule is Cc1nn(C)c(C)c1S(=O)(=O)N1CCOc2ccc(CN3CCOCC3)cc2C1. The Morgan fingerprint density at radius 3 is 2.55 bits per heavy atom. The Kier molecular flexibility index (Phi) is 5.65. The lowest BCUT2D eigenvalue weighted by molar-refractivity contribution is 0.0342. The van der Waals surface area contributed by atoms with Crippen molar-refractivity contribution in [1.29, 1.82) is 0 Å². The molecule has 2 aliphatic heterocycles. The maximum atomic E-state index is 13.4. The maximum absolute atomic E-state index is 13.4. The van der Waals surface area contributed by atoms with E-state index in [4.69, 9.17) is 9.47 Å². The molecule has 0 N–H and O–H groups in total. The number of fused-ring (bicyclic) bond motifs is 1. The molecular weight excluding hydrogens is 392 g/mol. The molecule has 0 unspecified atom stereocenters. The van der Waals surface area contributed by atoms with E-state index in [1.807, 2.05) is 6.07 Å². The van der Waals surface area contributed by atoms with Crippen LogP contribution in [0.3, 0.4) is 0 Å². The van der Waals surface area contributed by atoms with Crippen molar-refractivity contribution < 1.29 is 17.9 Å². The van der Waals surface area contributed by atoms with Gasteiger partial charge in [-0.1, -0.05) is 6.07 Å². The van der Waals surface area contributed by atoms with Crippen molar-refractivity contribution in [3.05, 3.63) is 40.7 Å². The molecule has 1 aromatic carbocycles. The number of benzene rings is 1. The Bertz CT molecular complexity index is 996. The van der Waals surface area contributed by atoms with Crippen molar-refractivity contribution in [3.8, 4) is 5.75 Å². The summed E-state index contributed by atoms with van der Waals surface area (Å²) in [5.41, 5.74) is 3.23. The standard InChI is InChI=1S/C20H28N4O4S/c1-15-20(16(2)22(3)21-15)29(25,26)24-8-11-28-19-5-4-17(12-18(19)14-24)13-23-6-9-27-10-7-23/h4-5,12H,6-11,13-14H2,1-3H3. The molecule has 0 atom stereocenters. The van der Waals surface area contributed by atoms with Crippen LogP contribution in [-0.2, 0) is 34.9 Å². The summed E-state index contributed by atoms with van der Waals surface area (Å²) in [5, 5.41) is 4.28. The zero-order valence-corrected chi connectivity index (χ0v) is 18.0. The molecule has 0 saturated carbocycles. The molecule has 0 spiro atoms. The van der Waals surface area contributed by atoms with Crippen molar-refractivity contribution in [1.82, 2.24) is 19.0 Å². The fourth-order valence-electron chi connectivity index (χ4n) is 4.00. The van der Waals surface area contributed by atoms with Crippen LogP contribution in [0.1, 0.15) is 22.5 Å². The normalized spacial score (nSPS) is 18.9. The number of aryl methyl sites for hydroxylation is 2. The van der Waals surface area contributed by atoms with Crippen LogP contribution in [0.15, 0.2) is 23.1 Å². The van der Waals surface area contributed by atoms with E-state index in [1.54, 1.807) is 25.6 Å². The van der Waals surface area contributed by atoms with Crippen molar-refractivity contribution >= 4 is 10.0 Å². The molecule has 0 aliphatic carbocycles. The number of nitrogens with zero attached hydrogens (tertiary/aromatic N) is 4. The molecule has 8 nitrogen and oxygen atoms in total. The van der Waals surface area contributed by atoms with Crippen molar-refractivity contribution in [2.75, 3.05) is 39.5 Å². The molecule has 1 saturated heterocycles. The van der Waals surface area contributed by atoms with Gasteiger partial charge in [0.15, 0.2) is 0 Å². The van der Waals surface area contributed by atoms with Gasteiger partial charge in [0, 0.05) is 45.3 Å². The smallest absolute Gasteiger partial charge is 0.247 e. The molecule has 0 amide bonds. The van der Waals surface area contributed by atoms with E-state index < -0.39 is 10.0 Å². The quantitative estimate of drug-likeness (QED) is 0.745. The van der Waals surface area contributed by atoms with Crippen molar-refractivity contribution in [3.63, 3.8) is 0 Å². The monoisotopic (exact) mass is 420 g/mol. The molecule has 2 aromatic rings. The predicted octanol–water partition coefficient (Wildman–Crippen LogP) is 1.45. The summed E-state index contributed by atoms with van der Waals surface area (Å²) in [6, 6.07) is 6.09. The van der Waals surface area contributed by atoms with Gasteiger partial charge in [0.1, 0.15) is 17.3 Å². The number of hydrogen-bond acceptors (Lipinski definition) is 6. The molecule has 0 bridgehead atoms. The lowest BCUT2D eigenvalue weighted by atomic mass is 10.1. The largest absolute Gasteiger partial charge is 0.492 e. The lowest BCUT2D eigenvalue weighted by Gasteiger charge is -2.27. The molecule has 1 aromatic heterocycles. The van der Waals surface area contributed by atoms with Crippen LogP contribution in [0.25, 0.3) is 0 Å². The number of aromatic nitrogens is 2. The molecule has 29 heavy (non-hydrogen) atoms. The first-order valence-electron chi connectivity index (χ1n) is 9.91. The highest BCUT2D eigenvalue weighted by molar-refractivity contribution is 7.89. The number of morpholine rings is 1. The summed E-state index contributed by atoms with van der Waals surface area (Å²) in [4.78, 5) is 2.65. The Hall–Kier alpha value is -1.94. The second-order valence-electron chi connectivity index (χ2n) is 7.64. The average molecular weight is 421 g/mol. The van der Waals surface area contributed by atoms with Gasteiger partial charge in [-0.3, -0.25) is 9.58 Å². The van der Waals surface area contributed by atoms with E-state index in [0.29, 0.717) is 36.0 Å². The van der Waals surface area contributed by atoms with Gasteiger partial charge >= 0.3 is 0 Å². The summed E-state index contributed by atoms with van der Waals surface area (Å²) in [6.07, 6.45) is 0. The second-order valence-corrected chi connectivity index (χ2v) is 9.52. The van der Waals surface area contributed by atoms with E-state index in [2.05, 4.69) is 22.1 Å². The fourth-order valence-corrected chi connectivity index (χ4v) is 5.80. The Morgan fingerprint density at radius 1 is 1.10 bits per heavy atom. The van der Waals surface area contributed by atoms with Gasteiger partial charge in [0.05, 0.1) is 24.6 Å². The maximum Gasteiger partial charge on any atom is 0.247 e. The summed E-state index contributed by atoms with van der Waals surface area (Å²) >= 11 is 0. The topological polar surface area (TPSA) is 76.9 Å². The molecule has 4 rings (SSSR count). The predicted molar refractivity (Wildman–Crippen MR) is 108 cm³/mol. The number of rotatable bonds is 4. The van der Waals surface area contributed by atoms with Gasteiger partial charge in [0.25, 0.3) is 0 Å². The first-order valence-corrected chi connectivity index (χ1v) is 11.4. The van der Waals surface area contributed by atoms with Crippen LogP contribution in [0.5, 0.6) is 5.75 Å². The van der Waals surface area contributed by atoms with E-state index in [1.165, 1.54) is 4.31 Å². The third-order valence-electron chi connectivity index (χ3n) is 5.62. The number of sulfonamides is 1. The minimum atomic E-state index is -3.67. The van der Waals surface area contributed by atoms with Gasteiger partial charge in [-0.2, -0.15) is 9.40 Å². The molecule has 1 fully saturated rings. The third-order valence-corrected chi connectivity index (χ3v) is 7.72. The lowest BCUT2D eigenvalue weighted by Crippen LogP contribution is -2.35. The van der Waals surface area contributed by atoms with Crippen LogP contribution >= 0.6 is 0 Å². The molecule has 2 aliphatic rings. The van der Waals surface area contributed by atoms with Gasteiger partial charge in [-0.15, -0.1) is 0 Å². The molecule has 0 radical (unpaired) electrons. The third kappa shape index (κ3) is 4.05.